The number of β-amino-alcohol motifs (C(OH)–C–C–N with tert-alkyl or cyclic N) is 1. The summed E-state index contributed by atoms with van der Waals surface area (Å²) in [4.78, 5) is 21.3. The Labute approximate surface area is 87.8 Å². The molecule has 2 rings (SSSR count). The number of anilines is 1. The maximum absolute atomic E-state index is 11.5. The second kappa shape index (κ2) is 3.58. The topological polar surface area (TPSA) is 66.3 Å². The number of carbonyl (C=O) groups excluding carboxylic acids is 1. The average molecular weight is 207 g/mol. The number of nitrogens with zero attached hydrogens (tertiary/aromatic N) is 3. The van der Waals surface area contributed by atoms with Crippen LogP contribution in [0.5, 0.6) is 0 Å². The van der Waals surface area contributed by atoms with Gasteiger partial charge in [-0.1, -0.05) is 0 Å². The van der Waals surface area contributed by atoms with Crippen LogP contribution in [0.4, 0.5) is 5.82 Å². The molecule has 1 saturated heterocycles. The number of aliphatic hydroxyl groups is 1. The minimum absolute atomic E-state index is 0.0833. The molecule has 1 N–H and O–H groups in total. The summed E-state index contributed by atoms with van der Waals surface area (Å²) in [7, 11) is 0. The standard InChI is InChI=1S/C10H13N3O2/c1-6-3-9(12-7(2)11-6)13-5-8(14)4-10(13)15/h3,8,14H,4-5H2,1-2H3. The van der Waals surface area contributed by atoms with Crippen LogP contribution in [0.25, 0.3) is 0 Å². The van der Waals surface area contributed by atoms with Gasteiger partial charge in [-0.2, -0.15) is 0 Å². The fourth-order valence-electron chi connectivity index (χ4n) is 1.75. The van der Waals surface area contributed by atoms with Crippen molar-refractivity contribution in [2.45, 2.75) is 26.4 Å². The Hall–Kier alpha value is -1.49. The van der Waals surface area contributed by atoms with Gasteiger partial charge in [0, 0.05) is 11.8 Å². The minimum Gasteiger partial charge on any atom is -0.391 e. The molecule has 15 heavy (non-hydrogen) atoms. The zero-order chi connectivity index (χ0) is 11.0. The average Bonchev–Trinajstić information content (AvgIpc) is 2.43. The molecule has 1 aromatic rings. The van der Waals surface area contributed by atoms with E-state index in [-0.39, 0.29) is 12.3 Å². The van der Waals surface area contributed by atoms with E-state index in [1.165, 1.54) is 4.90 Å². The number of aliphatic hydroxyl groups excluding tert-OH is 1. The first-order valence-corrected chi connectivity index (χ1v) is 4.87. The Kier molecular flexibility index (Phi) is 2.40. The Bertz CT molecular complexity index is 385. The number of hydrogen-bond donors (Lipinski definition) is 1. The summed E-state index contributed by atoms with van der Waals surface area (Å²) in [5.74, 6) is 1.14. The third kappa shape index (κ3) is 1.97. The van der Waals surface area contributed by atoms with Gasteiger partial charge in [0.05, 0.1) is 19.1 Å². The van der Waals surface area contributed by atoms with E-state index in [1.807, 2.05) is 6.92 Å². The molecule has 1 aliphatic rings. The van der Waals surface area contributed by atoms with Gasteiger partial charge in [0.15, 0.2) is 0 Å². The monoisotopic (exact) mass is 207 g/mol. The van der Waals surface area contributed by atoms with Crippen LogP contribution < -0.4 is 4.90 Å². The van der Waals surface area contributed by atoms with Gasteiger partial charge < -0.3 is 5.11 Å². The molecule has 0 aliphatic carbocycles. The highest BCUT2D eigenvalue weighted by Gasteiger charge is 2.30. The molecule has 1 aliphatic heterocycles. The maximum Gasteiger partial charge on any atom is 0.230 e. The van der Waals surface area contributed by atoms with E-state index in [4.69, 9.17) is 0 Å². The zero-order valence-corrected chi connectivity index (χ0v) is 8.77. The van der Waals surface area contributed by atoms with E-state index in [9.17, 15) is 9.90 Å². The fourth-order valence-corrected chi connectivity index (χ4v) is 1.75. The van der Waals surface area contributed by atoms with Crippen molar-refractivity contribution >= 4 is 11.7 Å². The lowest BCUT2D eigenvalue weighted by Gasteiger charge is -2.15. The third-order valence-electron chi connectivity index (χ3n) is 2.33. The molecule has 0 spiro atoms. The van der Waals surface area contributed by atoms with Gasteiger partial charge in [-0.25, -0.2) is 9.97 Å². The van der Waals surface area contributed by atoms with Gasteiger partial charge >= 0.3 is 0 Å². The molecule has 1 amide bonds. The minimum atomic E-state index is -0.576. The molecule has 2 heterocycles. The SMILES string of the molecule is Cc1cc(N2CC(O)CC2=O)nc(C)n1. The molecule has 5 nitrogen and oxygen atoms in total. The summed E-state index contributed by atoms with van der Waals surface area (Å²) in [6.45, 7) is 3.97. The van der Waals surface area contributed by atoms with Crippen molar-refractivity contribution in [2.75, 3.05) is 11.4 Å². The predicted molar refractivity (Wildman–Crippen MR) is 54.5 cm³/mol. The van der Waals surface area contributed by atoms with Crippen LogP contribution in [0.3, 0.4) is 0 Å². The molecule has 5 heteroatoms. The summed E-state index contributed by atoms with van der Waals surface area (Å²) >= 11 is 0. The Morgan fingerprint density at radius 2 is 2.20 bits per heavy atom. The van der Waals surface area contributed by atoms with E-state index in [0.717, 1.165) is 5.69 Å². The maximum atomic E-state index is 11.5. The molecule has 1 unspecified atom stereocenters. The van der Waals surface area contributed by atoms with Crippen molar-refractivity contribution in [1.82, 2.24) is 9.97 Å². The molecule has 0 aromatic carbocycles. The lowest BCUT2D eigenvalue weighted by molar-refractivity contribution is -0.117. The third-order valence-corrected chi connectivity index (χ3v) is 2.33. The summed E-state index contributed by atoms with van der Waals surface area (Å²) in [5.41, 5.74) is 0.826. The predicted octanol–water partition coefficient (Wildman–Crippen LogP) is 0.191. The number of rotatable bonds is 1. The van der Waals surface area contributed by atoms with Crippen molar-refractivity contribution in [3.05, 3.63) is 17.6 Å². The molecule has 0 radical (unpaired) electrons. The van der Waals surface area contributed by atoms with Crippen molar-refractivity contribution in [2.24, 2.45) is 0 Å². The molecule has 0 saturated carbocycles. The summed E-state index contributed by atoms with van der Waals surface area (Å²) in [6.07, 6.45) is -0.393. The van der Waals surface area contributed by atoms with Crippen LogP contribution in [0, 0.1) is 13.8 Å². The molecule has 0 bridgehead atoms. The summed E-state index contributed by atoms with van der Waals surface area (Å²) < 4.78 is 0. The van der Waals surface area contributed by atoms with Gasteiger partial charge in [-0.15, -0.1) is 0 Å². The first-order valence-electron chi connectivity index (χ1n) is 4.87. The van der Waals surface area contributed by atoms with E-state index in [1.54, 1.807) is 13.0 Å². The molecule has 80 valence electrons. The van der Waals surface area contributed by atoms with Crippen LogP contribution in [0.15, 0.2) is 6.07 Å². The van der Waals surface area contributed by atoms with Gasteiger partial charge in [0.25, 0.3) is 0 Å². The number of carbonyl (C=O) groups is 1. The van der Waals surface area contributed by atoms with Crippen molar-refractivity contribution < 1.29 is 9.90 Å². The molecular weight excluding hydrogens is 194 g/mol. The van der Waals surface area contributed by atoms with Gasteiger partial charge in [-0.3, -0.25) is 9.69 Å². The Morgan fingerprint density at radius 3 is 2.73 bits per heavy atom. The lowest BCUT2D eigenvalue weighted by Crippen LogP contribution is -2.26. The van der Waals surface area contributed by atoms with Gasteiger partial charge in [-0.05, 0) is 13.8 Å². The number of aromatic nitrogens is 2. The Morgan fingerprint density at radius 1 is 1.47 bits per heavy atom. The highest BCUT2D eigenvalue weighted by molar-refractivity contribution is 5.95. The molecule has 1 atom stereocenters. The highest BCUT2D eigenvalue weighted by atomic mass is 16.3. The lowest BCUT2D eigenvalue weighted by atomic mass is 10.3. The first kappa shape index (κ1) is 10.0. The van der Waals surface area contributed by atoms with Crippen LogP contribution in [-0.2, 0) is 4.79 Å². The summed E-state index contributed by atoms with van der Waals surface area (Å²) in [5, 5.41) is 9.36. The van der Waals surface area contributed by atoms with E-state index in [2.05, 4.69) is 9.97 Å². The second-order valence-electron chi connectivity index (χ2n) is 3.78. The van der Waals surface area contributed by atoms with E-state index < -0.39 is 6.10 Å². The van der Waals surface area contributed by atoms with Crippen LogP contribution in [0.1, 0.15) is 17.9 Å². The van der Waals surface area contributed by atoms with Crippen molar-refractivity contribution in [3.63, 3.8) is 0 Å². The zero-order valence-electron chi connectivity index (χ0n) is 8.77. The molecular formula is C10H13N3O2. The van der Waals surface area contributed by atoms with Gasteiger partial charge in [0.2, 0.25) is 5.91 Å². The first-order chi connectivity index (χ1) is 7.06. The second-order valence-corrected chi connectivity index (χ2v) is 3.78. The molecule has 1 aromatic heterocycles. The largest absolute Gasteiger partial charge is 0.391 e. The quantitative estimate of drug-likeness (QED) is 0.714. The highest BCUT2D eigenvalue weighted by Crippen LogP contribution is 2.19. The Balaban J connectivity index is 2.33. The molecule has 1 fully saturated rings. The number of hydrogen-bond acceptors (Lipinski definition) is 4. The smallest absolute Gasteiger partial charge is 0.230 e. The van der Waals surface area contributed by atoms with E-state index >= 15 is 0 Å². The van der Waals surface area contributed by atoms with Crippen LogP contribution >= 0.6 is 0 Å². The summed E-state index contributed by atoms with van der Waals surface area (Å²) in [6, 6.07) is 1.75. The fraction of sp³-hybridized carbons (Fsp3) is 0.500. The van der Waals surface area contributed by atoms with E-state index in [0.29, 0.717) is 18.2 Å². The number of aryl methyl sites for hydroxylation is 2. The normalized spacial score (nSPS) is 21.1. The van der Waals surface area contributed by atoms with Crippen molar-refractivity contribution in [1.29, 1.82) is 0 Å². The van der Waals surface area contributed by atoms with Gasteiger partial charge in [0.1, 0.15) is 11.6 Å². The number of amides is 1. The van der Waals surface area contributed by atoms with Crippen molar-refractivity contribution in [3.8, 4) is 0 Å². The van der Waals surface area contributed by atoms with Crippen LogP contribution in [-0.4, -0.2) is 33.6 Å². The van der Waals surface area contributed by atoms with Crippen LogP contribution in [0.2, 0.25) is 0 Å².